The van der Waals surface area contributed by atoms with Crippen LogP contribution in [0.2, 0.25) is 0 Å². The third kappa shape index (κ3) is 5.07. The Balaban J connectivity index is 1.55. The number of hydrogen-bond donors (Lipinski definition) is 3. The van der Waals surface area contributed by atoms with Gasteiger partial charge >= 0.3 is 0 Å². The molecular formula is C24H24IN5O2. The molecule has 0 saturated heterocycles. The number of anilines is 3. The second-order valence-corrected chi connectivity index (χ2v) is 9.09. The standard InChI is InChI=1S/C24H24IN5O2/c1-3-4-14(2)27-23(32)15-5-8-18(9-6-15)28-24-26-13-16-11-21(31)29-20-12-17(25)7-10-19(20)22(16)30-24/h5-10,12-14H,3-4,11H2,1-2H3,(H,27,32)(H,29,31)(H,26,28,30). The van der Waals surface area contributed by atoms with E-state index in [4.69, 9.17) is 4.98 Å². The summed E-state index contributed by atoms with van der Waals surface area (Å²) < 4.78 is 1.03. The fraction of sp³-hybridized carbons (Fsp3) is 0.250. The maximum Gasteiger partial charge on any atom is 0.251 e. The van der Waals surface area contributed by atoms with Crippen LogP contribution in [0.3, 0.4) is 0 Å². The Bertz CT molecular complexity index is 1160. The minimum atomic E-state index is -0.0848. The molecule has 0 radical (unpaired) electrons. The number of fused-ring (bicyclic) bond motifs is 3. The van der Waals surface area contributed by atoms with Gasteiger partial charge in [-0.1, -0.05) is 13.3 Å². The van der Waals surface area contributed by atoms with Crippen LogP contribution in [0.15, 0.2) is 48.7 Å². The summed E-state index contributed by atoms with van der Waals surface area (Å²) in [7, 11) is 0. The smallest absolute Gasteiger partial charge is 0.251 e. The highest BCUT2D eigenvalue weighted by Crippen LogP contribution is 2.34. The fourth-order valence-corrected chi connectivity index (χ4v) is 4.16. The summed E-state index contributed by atoms with van der Waals surface area (Å²) in [6.07, 6.45) is 3.89. The molecule has 0 aliphatic carbocycles. The second kappa shape index (κ2) is 9.64. The molecule has 0 fully saturated rings. The lowest BCUT2D eigenvalue weighted by atomic mass is 10.1. The number of aromatic nitrogens is 2. The van der Waals surface area contributed by atoms with Crippen molar-refractivity contribution in [2.45, 2.75) is 39.2 Å². The van der Waals surface area contributed by atoms with Gasteiger partial charge in [0.25, 0.3) is 5.91 Å². The Morgan fingerprint density at radius 1 is 1.22 bits per heavy atom. The van der Waals surface area contributed by atoms with Crippen LogP contribution in [0, 0.1) is 3.57 Å². The largest absolute Gasteiger partial charge is 0.350 e. The Labute approximate surface area is 200 Å². The molecule has 32 heavy (non-hydrogen) atoms. The molecule has 1 aromatic heterocycles. The van der Waals surface area contributed by atoms with Gasteiger partial charge in [0.1, 0.15) is 0 Å². The average Bonchev–Trinajstić information content (AvgIpc) is 2.89. The summed E-state index contributed by atoms with van der Waals surface area (Å²) in [5, 5.41) is 9.15. The van der Waals surface area contributed by atoms with Crippen molar-refractivity contribution in [2.75, 3.05) is 10.6 Å². The molecule has 164 valence electrons. The van der Waals surface area contributed by atoms with Gasteiger partial charge in [-0.05, 0) is 78.4 Å². The highest BCUT2D eigenvalue weighted by molar-refractivity contribution is 14.1. The van der Waals surface area contributed by atoms with Gasteiger partial charge in [0.2, 0.25) is 11.9 Å². The Kier molecular flexibility index (Phi) is 6.69. The molecule has 3 aromatic rings. The number of amides is 2. The number of carbonyl (C=O) groups is 2. The van der Waals surface area contributed by atoms with Crippen LogP contribution >= 0.6 is 22.6 Å². The van der Waals surface area contributed by atoms with E-state index in [9.17, 15) is 9.59 Å². The number of hydrogen-bond acceptors (Lipinski definition) is 5. The SMILES string of the molecule is CCCC(C)NC(=O)c1ccc(Nc2ncc3c(n2)-c2ccc(I)cc2NC(=O)C3)cc1. The van der Waals surface area contributed by atoms with Crippen LogP contribution in [0.25, 0.3) is 11.3 Å². The molecule has 1 unspecified atom stereocenters. The molecule has 4 rings (SSSR count). The minimum absolute atomic E-state index is 0.0813. The van der Waals surface area contributed by atoms with Crippen molar-refractivity contribution in [1.82, 2.24) is 15.3 Å². The van der Waals surface area contributed by atoms with Crippen molar-refractivity contribution in [3.8, 4) is 11.3 Å². The number of nitrogens with zero attached hydrogens (tertiary/aromatic N) is 2. The lowest BCUT2D eigenvalue weighted by molar-refractivity contribution is -0.115. The predicted octanol–water partition coefficient (Wildman–Crippen LogP) is 4.90. The first kappa shape index (κ1) is 22.2. The number of rotatable bonds is 6. The minimum Gasteiger partial charge on any atom is -0.350 e. The zero-order valence-corrected chi connectivity index (χ0v) is 20.1. The average molecular weight is 541 g/mol. The van der Waals surface area contributed by atoms with Crippen LogP contribution < -0.4 is 16.0 Å². The van der Waals surface area contributed by atoms with E-state index < -0.39 is 0 Å². The van der Waals surface area contributed by atoms with Gasteiger partial charge in [0, 0.05) is 38.2 Å². The summed E-state index contributed by atoms with van der Waals surface area (Å²) in [6, 6.07) is 13.2. The lowest BCUT2D eigenvalue weighted by Crippen LogP contribution is -2.32. The first-order valence-electron chi connectivity index (χ1n) is 10.6. The van der Waals surface area contributed by atoms with Crippen molar-refractivity contribution < 1.29 is 9.59 Å². The zero-order chi connectivity index (χ0) is 22.7. The Hall–Kier alpha value is -3.01. The fourth-order valence-electron chi connectivity index (χ4n) is 3.67. The third-order valence-electron chi connectivity index (χ3n) is 5.23. The molecule has 1 aliphatic heterocycles. The van der Waals surface area contributed by atoms with Gasteiger partial charge in [0.05, 0.1) is 17.8 Å². The van der Waals surface area contributed by atoms with Crippen molar-refractivity contribution in [1.29, 1.82) is 0 Å². The predicted molar refractivity (Wildman–Crippen MR) is 134 cm³/mol. The normalized spacial score (nSPS) is 13.3. The summed E-state index contributed by atoms with van der Waals surface area (Å²) in [5.41, 5.74) is 4.50. The highest BCUT2D eigenvalue weighted by Gasteiger charge is 2.21. The Morgan fingerprint density at radius 3 is 2.75 bits per heavy atom. The second-order valence-electron chi connectivity index (χ2n) is 7.85. The molecule has 1 aliphatic rings. The Morgan fingerprint density at radius 2 is 2.00 bits per heavy atom. The van der Waals surface area contributed by atoms with E-state index in [0.717, 1.165) is 44.6 Å². The van der Waals surface area contributed by atoms with Crippen molar-refractivity contribution in [2.24, 2.45) is 0 Å². The van der Waals surface area contributed by atoms with Crippen molar-refractivity contribution >= 4 is 51.7 Å². The van der Waals surface area contributed by atoms with E-state index in [1.165, 1.54) is 0 Å². The van der Waals surface area contributed by atoms with Gasteiger partial charge in [-0.2, -0.15) is 0 Å². The van der Waals surface area contributed by atoms with Gasteiger partial charge in [-0.3, -0.25) is 9.59 Å². The third-order valence-corrected chi connectivity index (χ3v) is 5.90. The maximum absolute atomic E-state index is 12.4. The van der Waals surface area contributed by atoms with Gasteiger partial charge < -0.3 is 16.0 Å². The molecule has 0 bridgehead atoms. The molecule has 1 atom stereocenters. The van der Waals surface area contributed by atoms with E-state index in [-0.39, 0.29) is 24.3 Å². The summed E-state index contributed by atoms with van der Waals surface area (Å²) >= 11 is 2.22. The zero-order valence-electron chi connectivity index (χ0n) is 17.9. The van der Waals surface area contributed by atoms with E-state index >= 15 is 0 Å². The first-order chi connectivity index (χ1) is 15.4. The monoisotopic (exact) mass is 541 g/mol. The molecule has 2 amide bonds. The number of carbonyl (C=O) groups excluding carboxylic acids is 2. The van der Waals surface area contributed by atoms with E-state index in [2.05, 4.69) is 50.4 Å². The lowest BCUT2D eigenvalue weighted by Gasteiger charge is -2.13. The van der Waals surface area contributed by atoms with Crippen molar-refractivity contribution in [3.63, 3.8) is 0 Å². The van der Waals surface area contributed by atoms with Crippen LogP contribution in [0.4, 0.5) is 17.3 Å². The summed E-state index contributed by atoms with van der Waals surface area (Å²) in [6.45, 7) is 4.11. The van der Waals surface area contributed by atoms with Crippen molar-refractivity contribution in [3.05, 3.63) is 63.4 Å². The number of halogens is 1. The first-order valence-corrected chi connectivity index (χ1v) is 11.6. The highest BCUT2D eigenvalue weighted by atomic mass is 127. The van der Waals surface area contributed by atoms with Crippen LogP contribution in [0.1, 0.15) is 42.6 Å². The van der Waals surface area contributed by atoms with Crippen LogP contribution in [0.5, 0.6) is 0 Å². The molecule has 0 spiro atoms. The quantitative estimate of drug-likeness (QED) is 0.386. The van der Waals surface area contributed by atoms with E-state index in [1.807, 2.05) is 37.3 Å². The summed E-state index contributed by atoms with van der Waals surface area (Å²) in [4.78, 5) is 33.7. The van der Waals surface area contributed by atoms with Gasteiger partial charge in [-0.25, -0.2) is 9.97 Å². The van der Waals surface area contributed by atoms with E-state index in [0.29, 0.717) is 11.5 Å². The van der Waals surface area contributed by atoms with Gasteiger partial charge in [0.15, 0.2) is 0 Å². The van der Waals surface area contributed by atoms with E-state index in [1.54, 1.807) is 18.3 Å². The number of nitrogens with one attached hydrogen (secondary N) is 3. The van der Waals surface area contributed by atoms with Gasteiger partial charge in [-0.15, -0.1) is 0 Å². The topological polar surface area (TPSA) is 96.0 Å². The molecular weight excluding hydrogens is 517 g/mol. The molecule has 8 heteroatoms. The van der Waals surface area contributed by atoms with Crippen LogP contribution in [-0.4, -0.2) is 27.8 Å². The molecule has 3 N–H and O–H groups in total. The summed E-state index contributed by atoms with van der Waals surface area (Å²) in [5.74, 6) is 0.261. The molecule has 7 nitrogen and oxygen atoms in total. The van der Waals surface area contributed by atoms with Crippen LogP contribution in [-0.2, 0) is 11.2 Å². The molecule has 2 aromatic carbocycles. The molecule has 2 heterocycles. The maximum atomic E-state index is 12.4. The molecule has 0 saturated carbocycles. The number of benzene rings is 2.